The molecule has 22 heavy (non-hydrogen) atoms. The summed E-state index contributed by atoms with van der Waals surface area (Å²) in [5.41, 5.74) is 3.86. The number of amides is 1. The molecule has 0 saturated heterocycles. The van der Waals surface area contributed by atoms with Gasteiger partial charge in [0.15, 0.2) is 0 Å². The lowest BCUT2D eigenvalue weighted by Gasteiger charge is -2.12. The Labute approximate surface area is 127 Å². The zero-order valence-electron chi connectivity index (χ0n) is 12.1. The van der Waals surface area contributed by atoms with Crippen LogP contribution in [0.15, 0.2) is 59.4 Å². The van der Waals surface area contributed by atoms with Gasteiger partial charge in [0, 0.05) is 0 Å². The maximum atomic E-state index is 12.4. The summed E-state index contributed by atoms with van der Waals surface area (Å²) in [6, 6.07) is 16.5. The first kappa shape index (κ1) is 14.0. The Hall–Kier alpha value is -2.95. The van der Waals surface area contributed by atoms with Crippen LogP contribution in [0.5, 0.6) is 0 Å². The van der Waals surface area contributed by atoms with E-state index in [2.05, 4.69) is 10.4 Å². The molecule has 0 fully saturated rings. The van der Waals surface area contributed by atoms with Crippen molar-refractivity contribution in [1.29, 1.82) is 0 Å². The SMILES string of the molecule is Cc1nc2ccccc2c(=O)n1NC(=O)Cc1ccccc1. The highest BCUT2D eigenvalue weighted by Crippen LogP contribution is 2.06. The first-order valence-electron chi connectivity index (χ1n) is 6.97. The normalized spacial score (nSPS) is 10.6. The lowest BCUT2D eigenvalue weighted by molar-refractivity contribution is -0.116. The van der Waals surface area contributed by atoms with Crippen LogP contribution in [0, 0.1) is 6.92 Å². The zero-order chi connectivity index (χ0) is 15.5. The second-order valence-corrected chi connectivity index (χ2v) is 5.01. The number of benzene rings is 2. The Morgan fingerprint density at radius 3 is 2.55 bits per heavy atom. The van der Waals surface area contributed by atoms with Gasteiger partial charge in [0.25, 0.3) is 5.56 Å². The van der Waals surface area contributed by atoms with Crippen LogP contribution in [0.25, 0.3) is 10.9 Å². The van der Waals surface area contributed by atoms with Gasteiger partial charge in [-0.1, -0.05) is 42.5 Å². The lowest BCUT2D eigenvalue weighted by atomic mass is 10.1. The summed E-state index contributed by atoms with van der Waals surface area (Å²) < 4.78 is 1.20. The highest BCUT2D eigenvalue weighted by atomic mass is 16.2. The minimum Gasteiger partial charge on any atom is -0.273 e. The van der Waals surface area contributed by atoms with Gasteiger partial charge in [-0.25, -0.2) is 9.66 Å². The summed E-state index contributed by atoms with van der Waals surface area (Å²) in [6.07, 6.45) is 0.208. The molecule has 3 rings (SSSR count). The van der Waals surface area contributed by atoms with E-state index in [-0.39, 0.29) is 17.9 Å². The van der Waals surface area contributed by atoms with Crippen LogP contribution < -0.4 is 11.0 Å². The van der Waals surface area contributed by atoms with Gasteiger partial charge >= 0.3 is 0 Å². The van der Waals surface area contributed by atoms with Crippen molar-refractivity contribution in [3.05, 3.63) is 76.3 Å². The predicted octanol–water partition coefficient (Wildman–Crippen LogP) is 2.02. The molecule has 3 aromatic rings. The fourth-order valence-corrected chi connectivity index (χ4v) is 2.32. The van der Waals surface area contributed by atoms with Crippen molar-refractivity contribution in [1.82, 2.24) is 9.66 Å². The molecule has 0 unspecified atom stereocenters. The van der Waals surface area contributed by atoms with Crippen LogP contribution in [-0.4, -0.2) is 15.6 Å². The van der Waals surface area contributed by atoms with Crippen molar-refractivity contribution in [2.75, 3.05) is 5.43 Å². The van der Waals surface area contributed by atoms with Crippen LogP contribution in [-0.2, 0) is 11.2 Å². The van der Waals surface area contributed by atoms with E-state index in [0.717, 1.165) is 5.56 Å². The van der Waals surface area contributed by atoms with Crippen LogP contribution in [0.4, 0.5) is 0 Å². The fourth-order valence-electron chi connectivity index (χ4n) is 2.32. The second-order valence-electron chi connectivity index (χ2n) is 5.01. The summed E-state index contributed by atoms with van der Waals surface area (Å²) in [5, 5.41) is 0.480. The molecule has 0 aliphatic heterocycles. The first-order chi connectivity index (χ1) is 10.6. The van der Waals surface area contributed by atoms with Crippen molar-refractivity contribution in [2.24, 2.45) is 0 Å². The lowest BCUT2D eigenvalue weighted by Crippen LogP contribution is -2.36. The summed E-state index contributed by atoms with van der Waals surface area (Å²) in [5.74, 6) is 0.193. The summed E-state index contributed by atoms with van der Waals surface area (Å²) in [4.78, 5) is 28.9. The van der Waals surface area contributed by atoms with Gasteiger partial charge in [-0.15, -0.1) is 0 Å². The van der Waals surface area contributed by atoms with Gasteiger partial charge in [0.1, 0.15) is 5.82 Å². The number of carbonyl (C=O) groups excluding carboxylic acids is 1. The number of nitrogens with one attached hydrogen (secondary N) is 1. The Bertz CT molecular complexity index is 885. The predicted molar refractivity (Wildman–Crippen MR) is 85.3 cm³/mol. The molecule has 110 valence electrons. The number of rotatable bonds is 3. The minimum absolute atomic E-state index is 0.208. The molecule has 0 atom stereocenters. The van der Waals surface area contributed by atoms with Gasteiger partial charge in [0.2, 0.25) is 5.91 Å². The molecule has 1 aromatic heterocycles. The van der Waals surface area contributed by atoms with Crippen LogP contribution >= 0.6 is 0 Å². The molecule has 5 heteroatoms. The van der Waals surface area contributed by atoms with Gasteiger partial charge in [-0.05, 0) is 24.6 Å². The third-order valence-electron chi connectivity index (χ3n) is 3.39. The highest BCUT2D eigenvalue weighted by Gasteiger charge is 2.10. The molecule has 0 aliphatic carbocycles. The highest BCUT2D eigenvalue weighted by molar-refractivity contribution is 5.86. The number of hydrogen-bond acceptors (Lipinski definition) is 3. The van der Waals surface area contributed by atoms with Gasteiger partial charge < -0.3 is 0 Å². The second kappa shape index (κ2) is 5.81. The monoisotopic (exact) mass is 293 g/mol. The van der Waals surface area contributed by atoms with Gasteiger partial charge in [-0.3, -0.25) is 15.0 Å². The van der Waals surface area contributed by atoms with Crippen molar-refractivity contribution in [2.45, 2.75) is 13.3 Å². The number of hydrogen-bond donors (Lipinski definition) is 1. The molecule has 0 saturated carbocycles. The maximum absolute atomic E-state index is 12.4. The topological polar surface area (TPSA) is 64.0 Å². The van der Waals surface area contributed by atoms with E-state index in [0.29, 0.717) is 16.7 Å². The summed E-state index contributed by atoms with van der Waals surface area (Å²) in [6.45, 7) is 1.69. The van der Waals surface area contributed by atoms with E-state index < -0.39 is 0 Å². The van der Waals surface area contributed by atoms with Crippen molar-refractivity contribution in [3.63, 3.8) is 0 Å². The largest absolute Gasteiger partial charge is 0.280 e. The number of para-hydroxylation sites is 1. The van der Waals surface area contributed by atoms with Crippen molar-refractivity contribution >= 4 is 16.8 Å². The summed E-state index contributed by atoms with van der Waals surface area (Å²) in [7, 11) is 0. The minimum atomic E-state index is -0.274. The molecule has 0 radical (unpaired) electrons. The van der Waals surface area contributed by atoms with E-state index in [1.54, 1.807) is 25.1 Å². The van der Waals surface area contributed by atoms with E-state index >= 15 is 0 Å². The summed E-state index contributed by atoms with van der Waals surface area (Å²) >= 11 is 0. The molecule has 5 nitrogen and oxygen atoms in total. The first-order valence-corrected chi connectivity index (χ1v) is 6.97. The molecule has 1 amide bonds. The number of aryl methyl sites for hydroxylation is 1. The quantitative estimate of drug-likeness (QED) is 0.803. The Morgan fingerprint density at radius 2 is 1.77 bits per heavy atom. The average molecular weight is 293 g/mol. The molecule has 0 bridgehead atoms. The number of nitrogens with zero attached hydrogens (tertiary/aromatic N) is 2. The molecular weight excluding hydrogens is 278 g/mol. The average Bonchev–Trinajstić information content (AvgIpc) is 2.52. The fraction of sp³-hybridized carbons (Fsp3) is 0.118. The van der Waals surface area contributed by atoms with Gasteiger partial charge in [-0.2, -0.15) is 0 Å². The maximum Gasteiger partial charge on any atom is 0.280 e. The smallest absolute Gasteiger partial charge is 0.273 e. The van der Waals surface area contributed by atoms with E-state index in [1.807, 2.05) is 36.4 Å². The number of fused-ring (bicyclic) bond motifs is 1. The Balaban J connectivity index is 1.91. The number of carbonyl (C=O) groups is 1. The molecule has 1 N–H and O–H groups in total. The molecule has 0 aliphatic rings. The van der Waals surface area contributed by atoms with Crippen molar-refractivity contribution < 1.29 is 4.79 Å². The zero-order valence-corrected chi connectivity index (χ0v) is 12.1. The van der Waals surface area contributed by atoms with Gasteiger partial charge in [0.05, 0.1) is 17.3 Å². The van der Waals surface area contributed by atoms with Crippen LogP contribution in [0.1, 0.15) is 11.4 Å². The standard InChI is InChI=1S/C17H15N3O2/c1-12-18-15-10-6-5-9-14(15)17(22)20(12)19-16(21)11-13-7-3-2-4-8-13/h2-10H,11H2,1H3,(H,19,21). The molecule has 1 heterocycles. The van der Waals surface area contributed by atoms with E-state index in [9.17, 15) is 9.59 Å². The van der Waals surface area contributed by atoms with Crippen molar-refractivity contribution in [3.8, 4) is 0 Å². The van der Waals surface area contributed by atoms with Crippen LogP contribution in [0.3, 0.4) is 0 Å². The third kappa shape index (κ3) is 2.74. The van der Waals surface area contributed by atoms with E-state index in [4.69, 9.17) is 0 Å². The number of aromatic nitrogens is 2. The molecule has 0 spiro atoms. The third-order valence-corrected chi connectivity index (χ3v) is 3.39. The van der Waals surface area contributed by atoms with Crippen LogP contribution in [0.2, 0.25) is 0 Å². The Kier molecular flexibility index (Phi) is 3.70. The Morgan fingerprint density at radius 1 is 1.09 bits per heavy atom. The molecular formula is C17H15N3O2. The molecule has 2 aromatic carbocycles. The van der Waals surface area contributed by atoms with E-state index in [1.165, 1.54) is 4.68 Å².